The van der Waals surface area contributed by atoms with Gasteiger partial charge in [-0.15, -0.1) is 11.8 Å². The van der Waals surface area contributed by atoms with Crippen LogP contribution in [-0.4, -0.2) is 43.4 Å². The van der Waals surface area contributed by atoms with Crippen molar-refractivity contribution in [1.82, 2.24) is 14.4 Å². The van der Waals surface area contributed by atoms with Crippen LogP contribution < -0.4 is 5.32 Å². The predicted octanol–water partition coefficient (Wildman–Crippen LogP) is 6.13. The number of thioether (sulfide) groups is 1. The van der Waals surface area contributed by atoms with Gasteiger partial charge in [-0.05, 0) is 25.0 Å². The molecule has 0 saturated carbocycles. The quantitative estimate of drug-likeness (QED) is 0.306. The van der Waals surface area contributed by atoms with Gasteiger partial charge in [0.2, 0.25) is 0 Å². The Labute approximate surface area is 189 Å². The number of alkyl halides is 3. The van der Waals surface area contributed by atoms with E-state index < -0.39 is 12.1 Å². The second-order valence-electron chi connectivity index (χ2n) is 7.06. The monoisotopic (exact) mass is 468 g/mol. The summed E-state index contributed by atoms with van der Waals surface area (Å²) in [5.74, 6) is -1.71. The number of carbonyl (C=O) groups is 1. The van der Waals surface area contributed by atoms with Gasteiger partial charge >= 0.3 is 12.1 Å². The van der Waals surface area contributed by atoms with Crippen molar-refractivity contribution in [3.63, 3.8) is 0 Å². The van der Waals surface area contributed by atoms with Gasteiger partial charge in [-0.25, -0.2) is 9.78 Å². The first-order valence-corrected chi connectivity index (χ1v) is 11.2. The van der Waals surface area contributed by atoms with E-state index >= 15 is 0 Å². The van der Waals surface area contributed by atoms with Gasteiger partial charge in [-0.1, -0.05) is 39.3 Å². The molecule has 0 spiro atoms. The number of aromatic nitrogens is 3. The van der Waals surface area contributed by atoms with Gasteiger partial charge in [0.15, 0.2) is 5.65 Å². The van der Waals surface area contributed by atoms with Crippen molar-refractivity contribution in [3.8, 4) is 11.3 Å². The van der Waals surface area contributed by atoms with Crippen molar-refractivity contribution in [1.29, 1.82) is 0 Å². The fraction of sp³-hybridized carbons (Fsp3) is 0.409. The summed E-state index contributed by atoms with van der Waals surface area (Å²) in [5.41, 5.74) is 3.00. The molecule has 32 heavy (non-hydrogen) atoms. The Hall–Kier alpha value is -2.75. The summed E-state index contributed by atoms with van der Waals surface area (Å²) in [6, 6.07) is 8.74. The van der Waals surface area contributed by atoms with Crippen molar-refractivity contribution < 1.29 is 23.1 Å². The summed E-state index contributed by atoms with van der Waals surface area (Å²) in [4.78, 5) is 19.2. The van der Waals surface area contributed by atoms with Gasteiger partial charge in [0, 0.05) is 34.6 Å². The first-order chi connectivity index (χ1) is 15.2. The Morgan fingerprint density at radius 2 is 1.91 bits per heavy atom. The molecule has 3 aromatic rings. The maximum atomic E-state index is 10.6. The van der Waals surface area contributed by atoms with E-state index in [0.29, 0.717) is 5.25 Å². The van der Waals surface area contributed by atoms with E-state index in [0.717, 1.165) is 35.7 Å². The zero-order valence-corrected chi connectivity index (χ0v) is 19.0. The molecule has 0 fully saturated rings. The molecule has 1 aromatic carbocycles. The van der Waals surface area contributed by atoms with Gasteiger partial charge in [0.1, 0.15) is 11.5 Å². The molecule has 0 amide bonds. The van der Waals surface area contributed by atoms with Gasteiger partial charge in [0.05, 0.1) is 6.20 Å². The molecule has 6 nitrogen and oxygen atoms in total. The first kappa shape index (κ1) is 25.5. The van der Waals surface area contributed by atoms with Crippen LogP contribution in [0, 0.1) is 0 Å². The number of aliphatic carboxylic acids is 1. The molecule has 0 aliphatic carbocycles. The van der Waals surface area contributed by atoms with E-state index in [2.05, 4.69) is 59.7 Å². The number of benzene rings is 1. The highest BCUT2D eigenvalue weighted by molar-refractivity contribution is 7.99. The number of hydrogen-bond acceptors (Lipinski definition) is 5. The number of imidazole rings is 1. The zero-order valence-electron chi connectivity index (χ0n) is 18.2. The largest absolute Gasteiger partial charge is 0.490 e. The summed E-state index contributed by atoms with van der Waals surface area (Å²) in [6.07, 6.45) is 3.98. The molecule has 3 rings (SSSR count). The highest BCUT2D eigenvalue weighted by Gasteiger charge is 2.38. The Morgan fingerprint density at radius 1 is 1.25 bits per heavy atom. The minimum atomic E-state index is -5.08. The lowest BCUT2D eigenvalue weighted by molar-refractivity contribution is -0.192. The number of anilines is 1. The number of unbranched alkanes of at least 4 members (excludes halogenated alkanes) is 1. The summed E-state index contributed by atoms with van der Waals surface area (Å²) >= 11 is 1.92. The minimum absolute atomic E-state index is 0.637. The lowest BCUT2D eigenvalue weighted by atomic mass is 10.1. The van der Waals surface area contributed by atoms with Crippen LogP contribution in [0.25, 0.3) is 16.9 Å². The van der Waals surface area contributed by atoms with Crippen LogP contribution >= 0.6 is 11.8 Å². The topological polar surface area (TPSA) is 79.5 Å². The third-order valence-electron chi connectivity index (χ3n) is 4.54. The van der Waals surface area contributed by atoms with Gasteiger partial charge in [-0.3, -0.25) is 9.38 Å². The lowest BCUT2D eigenvalue weighted by Crippen LogP contribution is -2.21. The van der Waals surface area contributed by atoms with Crippen LogP contribution in [0.3, 0.4) is 0 Å². The number of halogens is 3. The molecule has 1 atom stereocenters. The maximum absolute atomic E-state index is 10.6. The van der Waals surface area contributed by atoms with E-state index in [1.807, 2.05) is 24.2 Å². The number of nitrogens with one attached hydrogen (secondary N) is 1. The lowest BCUT2D eigenvalue weighted by Gasteiger charge is -2.10. The van der Waals surface area contributed by atoms with E-state index in [-0.39, 0.29) is 0 Å². The van der Waals surface area contributed by atoms with E-state index in [4.69, 9.17) is 14.9 Å². The Balaban J connectivity index is 0.000000451. The molecule has 0 saturated heterocycles. The second kappa shape index (κ2) is 11.8. The third-order valence-corrected chi connectivity index (χ3v) is 5.82. The number of hydrogen-bond donors (Lipinski definition) is 2. The molecular weight excluding hydrogens is 441 g/mol. The highest BCUT2D eigenvalue weighted by atomic mass is 32.2. The zero-order chi connectivity index (χ0) is 23.7. The number of nitrogens with zero attached hydrogens (tertiary/aromatic N) is 3. The van der Waals surface area contributed by atoms with Gasteiger partial charge in [0.25, 0.3) is 0 Å². The Morgan fingerprint density at radius 3 is 2.47 bits per heavy atom. The summed E-state index contributed by atoms with van der Waals surface area (Å²) in [5, 5.41) is 11.3. The van der Waals surface area contributed by atoms with Crippen molar-refractivity contribution in [3.05, 3.63) is 42.9 Å². The smallest absolute Gasteiger partial charge is 0.475 e. The van der Waals surface area contributed by atoms with Crippen LogP contribution in [-0.2, 0) is 4.79 Å². The summed E-state index contributed by atoms with van der Waals surface area (Å²) in [6.45, 7) is 7.64. The van der Waals surface area contributed by atoms with E-state index in [1.165, 1.54) is 17.7 Å². The fourth-order valence-corrected chi connectivity index (χ4v) is 3.59. The van der Waals surface area contributed by atoms with Crippen LogP contribution in [0.15, 0.2) is 47.8 Å². The molecule has 2 heterocycles. The van der Waals surface area contributed by atoms with Crippen LogP contribution in [0.5, 0.6) is 0 Å². The molecule has 2 N–H and O–H groups in total. The van der Waals surface area contributed by atoms with Crippen LogP contribution in [0.2, 0.25) is 0 Å². The molecular formula is C22H27F3N4O2S. The van der Waals surface area contributed by atoms with Gasteiger partial charge < -0.3 is 10.4 Å². The summed E-state index contributed by atoms with van der Waals surface area (Å²) in [7, 11) is 0. The Kier molecular flexibility index (Phi) is 9.37. The SMILES string of the molecule is CCCCNc1c(-c2ccc(SC(C)CC)cc2)nc2cnccn12.O=C(O)C(F)(F)F. The molecule has 0 aliphatic heterocycles. The molecule has 1 unspecified atom stereocenters. The molecule has 0 bridgehead atoms. The first-order valence-electron chi connectivity index (χ1n) is 10.3. The number of fused-ring (bicyclic) bond motifs is 1. The number of carboxylic acid groups (broad SMARTS) is 1. The third kappa shape index (κ3) is 7.15. The van der Waals surface area contributed by atoms with E-state index in [1.54, 1.807) is 6.20 Å². The normalized spacial score (nSPS) is 12.2. The van der Waals surface area contributed by atoms with Gasteiger partial charge in [-0.2, -0.15) is 13.2 Å². The van der Waals surface area contributed by atoms with Crippen molar-refractivity contribution in [2.45, 2.75) is 56.4 Å². The number of carboxylic acids is 1. The predicted molar refractivity (Wildman–Crippen MR) is 121 cm³/mol. The van der Waals surface area contributed by atoms with Crippen molar-refractivity contribution in [2.24, 2.45) is 0 Å². The second-order valence-corrected chi connectivity index (χ2v) is 8.57. The average molecular weight is 469 g/mol. The molecule has 174 valence electrons. The molecule has 10 heteroatoms. The molecule has 0 radical (unpaired) electrons. The van der Waals surface area contributed by atoms with E-state index in [9.17, 15) is 13.2 Å². The van der Waals surface area contributed by atoms with Crippen molar-refractivity contribution >= 4 is 29.2 Å². The number of rotatable bonds is 8. The Bertz CT molecular complexity index is 1010. The molecule has 0 aliphatic rings. The molecule has 2 aromatic heterocycles. The van der Waals surface area contributed by atoms with Crippen LogP contribution in [0.4, 0.5) is 19.0 Å². The van der Waals surface area contributed by atoms with Crippen molar-refractivity contribution in [2.75, 3.05) is 11.9 Å². The fourth-order valence-electron chi connectivity index (χ4n) is 2.67. The summed E-state index contributed by atoms with van der Waals surface area (Å²) < 4.78 is 33.8. The van der Waals surface area contributed by atoms with Crippen LogP contribution in [0.1, 0.15) is 40.0 Å². The maximum Gasteiger partial charge on any atom is 0.490 e. The highest BCUT2D eigenvalue weighted by Crippen LogP contribution is 2.31. The standard InChI is InChI=1S/C20H26N4S.C2HF3O2/c1-4-6-11-22-20-19(23-18-14-21-12-13-24(18)20)16-7-9-17(10-8-16)25-15(3)5-2;3-2(4,5)1(6)7/h7-10,12-15,22H,4-6,11H2,1-3H3;(H,6,7). The minimum Gasteiger partial charge on any atom is -0.475 e. The average Bonchev–Trinajstić information content (AvgIpc) is 3.13.